The smallest absolute Gasteiger partial charge is 0.234 e. The number of nitrogens with one attached hydrogen (secondary N) is 1. The minimum atomic E-state index is -0.664. The number of rotatable bonds is 6. The van der Waals surface area contributed by atoms with Crippen molar-refractivity contribution in [1.29, 1.82) is 0 Å². The van der Waals surface area contributed by atoms with Gasteiger partial charge in [0.05, 0.1) is 11.4 Å². The molecule has 6 nitrogen and oxygen atoms in total. The summed E-state index contributed by atoms with van der Waals surface area (Å²) in [7, 11) is 0. The fourth-order valence-corrected chi connectivity index (χ4v) is 4.15. The van der Waals surface area contributed by atoms with Crippen LogP contribution in [0.3, 0.4) is 0 Å². The van der Waals surface area contributed by atoms with Crippen molar-refractivity contribution >= 4 is 29.3 Å². The highest BCUT2D eigenvalue weighted by Crippen LogP contribution is 2.41. The van der Waals surface area contributed by atoms with Crippen LogP contribution in [-0.2, 0) is 4.79 Å². The van der Waals surface area contributed by atoms with E-state index in [-0.39, 0.29) is 11.4 Å². The molecule has 0 bridgehead atoms. The second-order valence-corrected chi connectivity index (χ2v) is 8.46. The standard InChI is InChI=1S/C19H23F2N5OS/c1-12-6-8-25(9-7-12)18-23-24-19(26(18)14-3-4-14)28-11-17(27)22-16-10-13(20)2-5-15(16)21/h2,5,10,12,14H,3-4,6-9,11H2,1H3,(H,22,27). The van der Waals surface area contributed by atoms with Gasteiger partial charge in [0.1, 0.15) is 11.6 Å². The average Bonchev–Trinajstić information content (AvgIpc) is 3.43. The molecule has 0 unspecified atom stereocenters. The lowest BCUT2D eigenvalue weighted by Gasteiger charge is -2.31. The molecule has 0 spiro atoms. The number of benzene rings is 1. The van der Waals surface area contributed by atoms with E-state index in [4.69, 9.17) is 0 Å². The molecule has 4 rings (SSSR count). The van der Waals surface area contributed by atoms with Crippen LogP contribution in [0.4, 0.5) is 20.4 Å². The molecular formula is C19H23F2N5OS. The normalized spacial score (nSPS) is 17.8. The lowest BCUT2D eigenvalue weighted by atomic mass is 10.00. The summed E-state index contributed by atoms with van der Waals surface area (Å²) in [6.45, 7) is 4.20. The van der Waals surface area contributed by atoms with Crippen LogP contribution in [-0.4, -0.2) is 39.5 Å². The maximum atomic E-state index is 13.7. The Hall–Kier alpha value is -2.16. The molecule has 1 saturated carbocycles. The predicted molar refractivity (Wildman–Crippen MR) is 105 cm³/mol. The Balaban J connectivity index is 1.42. The lowest BCUT2D eigenvalue weighted by molar-refractivity contribution is -0.113. The number of aromatic nitrogens is 3. The van der Waals surface area contributed by atoms with Gasteiger partial charge in [-0.25, -0.2) is 8.78 Å². The summed E-state index contributed by atoms with van der Waals surface area (Å²) in [4.78, 5) is 14.5. The van der Waals surface area contributed by atoms with E-state index in [0.29, 0.717) is 11.2 Å². The number of carbonyl (C=O) groups excluding carboxylic acids is 1. The SMILES string of the molecule is CC1CCN(c2nnc(SCC(=O)Nc3cc(F)ccc3F)n2C2CC2)CC1. The van der Waals surface area contributed by atoms with Gasteiger partial charge in [-0.05, 0) is 43.7 Å². The Labute approximate surface area is 166 Å². The molecular weight excluding hydrogens is 384 g/mol. The van der Waals surface area contributed by atoms with Gasteiger partial charge in [-0.1, -0.05) is 18.7 Å². The average molecular weight is 407 g/mol. The van der Waals surface area contributed by atoms with Crippen molar-refractivity contribution in [1.82, 2.24) is 14.8 Å². The molecule has 0 radical (unpaired) electrons. The van der Waals surface area contributed by atoms with E-state index < -0.39 is 17.5 Å². The monoisotopic (exact) mass is 407 g/mol. The quantitative estimate of drug-likeness (QED) is 0.737. The lowest BCUT2D eigenvalue weighted by Crippen LogP contribution is -2.34. The van der Waals surface area contributed by atoms with Crippen LogP contribution in [0.25, 0.3) is 0 Å². The highest BCUT2D eigenvalue weighted by molar-refractivity contribution is 7.99. The third-order valence-corrected chi connectivity index (χ3v) is 6.10. The zero-order valence-corrected chi connectivity index (χ0v) is 16.5. The van der Waals surface area contributed by atoms with E-state index in [1.165, 1.54) is 11.8 Å². The van der Waals surface area contributed by atoms with E-state index in [9.17, 15) is 13.6 Å². The molecule has 2 fully saturated rings. The molecule has 9 heteroatoms. The topological polar surface area (TPSA) is 63.1 Å². The van der Waals surface area contributed by atoms with E-state index >= 15 is 0 Å². The van der Waals surface area contributed by atoms with E-state index in [0.717, 1.165) is 68.8 Å². The second kappa shape index (κ2) is 8.06. The number of thioether (sulfide) groups is 1. The third-order valence-electron chi connectivity index (χ3n) is 5.16. The van der Waals surface area contributed by atoms with Crippen molar-refractivity contribution < 1.29 is 13.6 Å². The fourth-order valence-electron chi connectivity index (χ4n) is 3.35. The number of amides is 1. The van der Waals surface area contributed by atoms with Crippen LogP contribution in [0.1, 0.15) is 38.6 Å². The van der Waals surface area contributed by atoms with Crippen LogP contribution in [0.5, 0.6) is 0 Å². The fraction of sp³-hybridized carbons (Fsp3) is 0.526. The highest BCUT2D eigenvalue weighted by atomic mass is 32.2. The first kappa shape index (κ1) is 19.2. The number of hydrogen-bond acceptors (Lipinski definition) is 5. The Morgan fingerprint density at radius 3 is 2.68 bits per heavy atom. The summed E-state index contributed by atoms with van der Waals surface area (Å²) in [6, 6.07) is 3.37. The molecule has 1 saturated heterocycles. The van der Waals surface area contributed by atoms with Crippen LogP contribution in [0, 0.1) is 17.6 Å². The maximum Gasteiger partial charge on any atom is 0.234 e. The van der Waals surface area contributed by atoms with Crippen molar-refractivity contribution in [2.75, 3.05) is 29.1 Å². The van der Waals surface area contributed by atoms with Gasteiger partial charge in [-0.3, -0.25) is 9.36 Å². The summed E-state index contributed by atoms with van der Waals surface area (Å²) in [5, 5.41) is 11.8. The summed E-state index contributed by atoms with van der Waals surface area (Å²) >= 11 is 1.27. The van der Waals surface area contributed by atoms with Gasteiger partial charge >= 0.3 is 0 Å². The molecule has 1 aromatic heterocycles. The number of nitrogens with zero attached hydrogens (tertiary/aromatic N) is 4. The Kier molecular flexibility index (Phi) is 5.52. The minimum absolute atomic E-state index is 0.0534. The molecule has 28 heavy (non-hydrogen) atoms. The van der Waals surface area contributed by atoms with Gasteiger partial charge in [0.2, 0.25) is 11.9 Å². The van der Waals surface area contributed by atoms with Gasteiger partial charge in [0, 0.05) is 25.2 Å². The summed E-state index contributed by atoms with van der Waals surface area (Å²) in [6.07, 6.45) is 4.45. The number of hydrogen-bond donors (Lipinski definition) is 1. The van der Waals surface area contributed by atoms with Crippen LogP contribution >= 0.6 is 11.8 Å². The molecule has 1 aromatic carbocycles. The summed E-state index contributed by atoms with van der Waals surface area (Å²) in [5.41, 5.74) is -0.155. The molecule has 150 valence electrons. The van der Waals surface area contributed by atoms with E-state index in [1.54, 1.807) is 0 Å². The Bertz CT molecular complexity index is 862. The zero-order chi connectivity index (χ0) is 19.7. The largest absolute Gasteiger partial charge is 0.341 e. The minimum Gasteiger partial charge on any atom is -0.341 e. The van der Waals surface area contributed by atoms with Crippen LogP contribution in [0.2, 0.25) is 0 Å². The molecule has 1 N–H and O–H groups in total. The highest BCUT2D eigenvalue weighted by Gasteiger charge is 2.32. The molecule has 1 aliphatic carbocycles. The second-order valence-electron chi connectivity index (χ2n) is 7.51. The van der Waals surface area contributed by atoms with Gasteiger partial charge in [-0.2, -0.15) is 0 Å². The van der Waals surface area contributed by atoms with Crippen molar-refractivity contribution in [3.63, 3.8) is 0 Å². The zero-order valence-electron chi connectivity index (χ0n) is 15.7. The Morgan fingerprint density at radius 1 is 1.21 bits per heavy atom. The van der Waals surface area contributed by atoms with Crippen LogP contribution < -0.4 is 10.2 Å². The first-order chi connectivity index (χ1) is 13.5. The van der Waals surface area contributed by atoms with Gasteiger partial charge in [0.15, 0.2) is 5.16 Å². The van der Waals surface area contributed by atoms with Crippen LogP contribution in [0.15, 0.2) is 23.4 Å². The Morgan fingerprint density at radius 2 is 1.96 bits per heavy atom. The van der Waals surface area contributed by atoms with Crippen molar-refractivity contribution in [2.45, 2.75) is 43.8 Å². The summed E-state index contributed by atoms with van der Waals surface area (Å²) in [5.74, 6) is -0.00509. The molecule has 1 aliphatic heterocycles. The summed E-state index contributed by atoms with van der Waals surface area (Å²) < 4.78 is 29.1. The van der Waals surface area contributed by atoms with Crippen molar-refractivity contribution in [3.05, 3.63) is 29.8 Å². The number of halogens is 2. The predicted octanol–water partition coefficient (Wildman–Crippen LogP) is 3.86. The molecule has 2 heterocycles. The first-order valence-electron chi connectivity index (χ1n) is 9.59. The van der Waals surface area contributed by atoms with Gasteiger partial charge < -0.3 is 10.2 Å². The first-order valence-corrected chi connectivity index (χ1v) is 10.6. The van der Waals surface area contributed by atoms with E-state index in [1.807, 2.05) is 0 Å². The van der Waals surface area contributed by atoms with Crippen molar-refractivity contribution in [3.8, 4) is 0 Å². The number of anilines is 2. The number of carbonyl (C=O) groups is 1. The molecule has 2 aromatic rings. The molecule has 1 amide bonds. The number of piperidine rings is 1. The molecule has 2 aliphatic rings. The van der Waals surface area contributed by atoms with Gasteiger partial charge in [0.25, 0.3) is 0 Å². The maximum absolute atomic E-state index is 13.7. The third kappa shape index (κ3) is 4.29. The van der Waals surface area contributed by atoms with E-state index in [2.05, 4.69) is 31.9 Å². The van der Waals surface area contributed by atoms with Crippen molar-refractivity contribution in [2.24, 2.45) is 5.92 Å². The van der Waals surface area contributed by atoms with Gasteiger partial charge in [-0.15, -0.1) is 10.2 Å². The molecule has 0 atom stereocenters.